The van der Waals surface area contributed by atoms with Crippen LogP contribution in [-0.4, -0.2) is 13.1 Å². The molecule has 0 unspecified atom stereocenters. The number of hydrogen-bond acceptors (Lipinski definition) is 2. The summed E-state index contributed by atoms with van der Waals surface area (Å²) in [7, 11) is 1.43. The largest absolute Gasteiger partial charge is 0.465 e. The molecule has 0 atom stereocenters. The molecule has 2 nitrogen and oxygen atoms in total. The molecule has 0 N–H and O–H groups in total. The van der Waals surface area contributed by atoms with Crippen LogP contribution in [0.5, 0.6) is 0 Å². The molecule has 0 aliphatic heterocycles. The second kappa shape index (κ2) is 7.06. The minimum atomic E-state index is -0.318. The number of rotatable bonds is 3. The van der Waals surface area contributed by atoms with Crippen LogP contribution in [0, 0.1) is 0 Å². The molecule has 0 saturated heterocycles. The van der Waals surface area contributed by atoms with Crippen molar-refractivity contribution in [3.63, 3.8) is 0 Å². The van der Waals surface area contributed by atoms with Crippen LogP contribution in [0.4, 0.5) is 0 Å². The van der Waals surface area contributed by atoms with Gasteiger partial charge in [0.25, 0.3) is 0 Å². The van der Waals surface area contributed by atoms with Crippen LogP contribution in [0.15, 0.2) is 91.0 Å². The Kier molecular flexibility index (Phi) is 4.25. The number of benzene rings is 4. The van der Waals surface area contributed by atoms with E-state index in [-0.39, 0.29) is 5.97 Å². The molecule has 1 aliphatic rings. The topological polar surface area (TPSA) is 26.3 Å². The molecule has 4 aromatic carbocycles. The number of methoxy groups -OCH3 is 1. The van der Waals surface area contributed by atoms with Crippen LogP contribution in [0.25, 0.3) is 33.4 Å². The van der Waals surface area contributed by atoms with E-state index in [1.807, 2.05) is 42.5 Å². The standard InChI is InChI=1S/C27H20O2/c1-29-27(28)24-16-8-15-23(26(24)18-9-3-2-4-10-18)22-14-7-13-21-20-12-6-5-11-19(20)17-25(21)22/h2-16H,17H2,1H3. The maximum absolute atomic E-state index is 12.6. The minimum absolute atomic E-state index is 0.318. The van der Waals surface area contributed by atoms with Crippen molar-refractivity contribution < 1.29 is 9.53 Å². The predicted octanol–water partition coefficient (Wildman–Crippen LogP) is 6.38. The maximum atomic E-state index is 12.6. The molecule has 140 valence electrons. The lowest BCUT2D eigenvalue weighted by Gasteiger charge is -2.17. The van der Waals surface area contributed by atoms with E-state index < -0.39 is 0 Å². The quantitative estimate of drug-likeness (QED) is 0.342. The summed E-state index contributed by atoms with van der Waals surface area (Å²) in [5.74, 6) is -0.318. The van der Waals surface area contributed by atoms with Gasteiger partial charge in [-0.25, -0.2) is 4.79 Å². The Morgan fingerprint density at radius 2 is 1.31 bits per heavy atom. The molecule has 0 bridgehead atoms. The van der Waals surface area contributed by atoms with E-state index >= 15 is 0 Å². The Labute approximate surface area is 170 Å². The Hall–Kier alpha value is -3.65. The smallest absolute Gasteiger partial charge is 0.338 e. The third-order valence-corrected chi connectivity index (χ3v) is 5.67. The van der Waals surface area contributed by atoms with Gasteiger partial charge >= 0.3 is 5.97 Å². The molecular weight excluding hydrogens is 356 g/mol. The molecule has 0 radical (unpaired) electrons. The summed E-state index contributed by atoms with van der Waals surface area (Å²) in [5, 5.41) is 0. The first kappa shape index (κ1) is 17.4. The summed E-state index contributed by atoms with van der Waals surface area (Å²) in [5.41, 5.74) is 9.99. The fraction of sp³-hybridized carbons (Fsp3) is 0.0741. The van der Waals surface area contributed by atoms with E-state index in [0.29, 0.717) is 5.56 Å². The van der Waals surface area contributed by atoms with Crippen molar-refractivity contribution in [2.75, 3.05) is 7.11 Å². The van der Waals surface area contributed by atoms with Crippen LogP contribution < -0.4 is 0 Å². The molecule has 1 aliphatic carbocycles. The Balaban J connectivity index is 1.78. The van der Waals surface area contributed by atoms with Crippen molar-refractivity contribution in [2.24, 2.45) is 0 Å². The van der Waals surface area contributed by atoms with Crippen LogP contribution >= 0.6 is 0 Å². The highest BCUT2D eigenvalue weighted by Crippen LogP contribution is 2.44. The maximum Gasteiger partial charge on any atom is 0.338 e. The van der Waals surface area contributed by atoms with Crippen LogP contribution in [0.2, 0.25) is 0 Å². The monoisotopic (exact) mass is 376 g/mol. The lowest BCUT2D eigenvalue weighted by Crippen LogP contribution is -2.05. The normalized spacial score (nSPS) is 11.6. The lowest BCUT2D eigenvalue weighted by atomic mass is 9.87. The molecule has 4 aromatic rings. The molecule has 0 aromatic heterocycles. The van der Waals surface area contributed by atoms with Crippen molar-refractivity contribution in [2.45, 2.75) is 6.42 Å². The number of fused-ring (bicyclic) bond motifs is 3. The summed E-state index contributed by atoms with van der Waals surface area (Å²) in [6.45, 7) is 0. The van der Waals surface area contributed by atoms with E-state index in [0.717, 1.165) is 23.1 Å². The van der Waals surface area contributed by atoms with Crippen molar-refractivity contribution in [1.29, 1.82) is 0 Å². The Bertz CT molecular complexity index is 1220. The number of carbonyl (C=O) groups excluding carboxylic acids is 1. The van der Waals surface area contributed by atoms with Crippen LogP contribution in [0.1, 0.15) is 21.5 Å². The Morgan fingerprint density at radius 3 is 2.10 bits per heavy atom. The highest BCUT2D eigenvalue weighted by atomic mass is 16.5. The number of ether oxygens (including phenoxy) is 1. The molecular formula is C27H20O2. The summed E-state index contributed by atoms with van der Waals surface area (Å²) in [4.78, 5) is 12.6. The number of esters is 1. The summed E-state index contributed by atoms with van der Waals surface area (Å²) >= 11 is 0. The average molecular weight is 376 g/mol. The van der Waals surface area contributed by atoms with Crippen LogP contribution in [-0.2, 0) is 11.2 Å². The van der Waals surface area contributed by atoms with Crippen LogP contribution in [0.3, 0.4) is 0 Å². The fourth-order valence-electron chi connectivity index (χ4n) is 4.38. The summed E-state index contributed by atoms with van der Waals surface area (Å²) in [6.07, 6.45) is 0.901. The van der Waals surface area contributed by atoms with E-state index in [9.17, 15) is 4.79 Å². The van der Waals surface area contributed by atoms with E-state index in [2.05, 4.69) is 48.5 Å². The molecule has 0 fully saturated rings. The fourth-order valence-corrected chi connectivity index (χ4v) is 4.38. The highest BCUT2D eigenvalue weighted by molar-refractivity contribution is 6.03. The first-order valence-corrected chi connectivity index (χ1v) is 9.75. The van der Waals surface area contributed by atoms with E-state index in [1.54, 1.807) is 0 Å². The van der Waals surface area contributed by atoms with Gasteiger partial charge in [-0.15, -0.1) is 0 Å². The zero-order valence-electron chi connectivity index (χ0n) is 16.2. The van der Waals surface area contributed by atoms with Gasteiger partial charge in [-0.2, -0.15) is 0 Å². The van der Waals surface area contributed by atoms with Gasteiger partial charge in [-0.1, -0.05) is 84.9 Å². The van der Waals surface area contributed by atoms with E-state index in [4.69, 9.17) is 4.74 Å². The van der Waals surface area contributed by atoms with Crippen molar-refractivity contribution >= 4 is 5.97 Å². The molecule has 0 saturated carbocycles. The third kappa shape index (κ3) is 2.85. The molecule has 0 amide bonds. The molecule has 0 heterocycles. The first-order chi connectivity index (χ1) is 14.3. The number of hydrogen-bond donors (Lipinski definition) is 0. The van der Waals surface area contributed by atoms with Crippen molar-refractivity contribution in [1.82, 2.24) is 0 Å². The van der Waals surface area contributed by atoms with Gasteiger partial charge in [0, 0.05) is 5.56 Å². The zero-order chi connectivity index (χ0) is 19.8. The van der Waals surface area contributed by atoms with Gasteiger partial charge in [-0.05, 0) is 51.4 Å². The van der Waals surface area contributed by atoms with E-state index in [1.165, 1.54) is 34.9 Å². The third-order valence-electron chi connectivity index (χ3n) is 5.67. The summed E-state index contributed by atoms with van der Waals surface area (Å²) < 4.78 is 5.09. The van der Waals surface area contributed by atoms with Gasteiger partial charge in [0.05, 0.1) is 12.7 Å². The number of carbonyl (C=O) groups is 1. The molecule has 29 heavy (non-hydrogen) atoms. The van der Waals surface area contributed by atoms with Gasteiger partial charge in [0.15, 0.2) is 0 Å². The van der Waals surface area contributed by atoms with Crippen molar-refractivity contribution in [3.8, 4) is 33.4 Å². The second-order valence-electron chi connectivity index (χ2n) is 7.25. The average Bonchev–Trinajstić information content (AvgIpc) is 3.17. The van der Waals surface area contributed by atoms with Gasteiger partial charge in [0.2, 0.25) is 0 Å². The van der Waals surface area contributed by atoms with Gasteiger partial charge < -0.3 is 4.74 Å². The molecule has 5 rings (SSSR count). The van der Waals surface area contributed by atoms with Gasteiger partial charge in [-0.3, -0.25) is 0 Å². The van der Waals surface area contributed by atoms with Gasteiger partial charge in [0.1, 0.15) is 0 Å². The minimum Gasteiger partial charge on any atom is -0.465 e. The Morgan fingerprint density at radius 1 is 0.690 bits per heavy atom. The highest BCUT2D eigenvalue weighted by Gasteiger charge is 2.24. The zero-order valence-corrected chi connectivity index (χ0v) is 16.2. The molecule has 2 heteroatoms. The second-order valence-corrected chi connectivity index (χ2v) is 7.25. The van der Waals surface area contributed by atoms with Crippen molar-refractivity contribution in [3.05, 3.63) is 108 Å². The summed E-state index contributed by atoms with van der Waals surface area (Å²) in [6, 6.07) is 31.0. The SMILES string of the molecule is COC(=O)c1cccc(-c2cccc3c2Cc2ccccc2-3)c1-c1ccccc1. The first-order valence-electron chi connectivity index (χ1n) is 9.75. The molecule has 0 spiro atoms. The predicted molar refractivity (Wildman–Crippen MR) is 117 cm³/mol. The lowest BCUT2D eigenvalue weighted by molar-refractivity contribution is 0.0601.